The Balaban J connectivity index is 1.41. The Kier molecular flexibility index (Phi) is 5.86. The highest BCUT2D eigenvalue weighted by atomic mass is 16.5. The molecule has 1 aliphatic rings. The van der Waals surface area contributed by atoms with Crippen molar-refractivity contribution in [3.05, 3.63) is 76.1 Å². The van der Waals surface area contributed by atoms with E-state index in [1.165, 1.54) is 11.6 Å². The normalized spacial score (nSPS) is 15.3. The predicted molar refractivity (Wildman–Crippen MR) is 118 cm³/mol. The molecule has 1 N–H and O–H groups in total. The minimum Gasteiger partial charge on any atom is -0.496 e. The van der Waals surface area contributed by atoms with Gasteiger partial charge >= 0.3 is 0 Å². The quantitative estimate of drug-likeness (QED) is 0.709. The molecule has 30 heavy (non-hydrogen) atoms. The summed E-state index contributed by atoms with van der Waals surface area (Å²) >= 11 is 0. The smallest absolute Gasteiger partial charge is 0.252 e. The number of aromatic nitrogens is 1. The van der Waals surface area contributed by atoms with Crippen LogP contribution in [0.25, 0.3) is 10.9 Å². The molecule has 6 heteroatoms. The molecule has 1 amide bonds. The Labute approximate surface area is 176 Å². The van der Waals surface area contributed by atoms with Gasteiger partial charge < -0.3 is 14.6 Å². The number of para-hydroxylation sites is 2. The number of nitrogens with zero attached hydrogens (tertiary/aromatic N) is 2. The number of amides is 1. The molecule has 1 fully saturated rings. The molecule has 0 spiro atoms. The molecule has 1 aliphatic heterocycles. The van der Waals surface area contributed by atoms with Gasteiger partial charge in [-0.1, -0.05) is 36.4 Å². The van der Waals surface area contributed by atoms with Gasteiger partial charge in [0.2, 0.25) is 0 Å². The van der Waals surface area contributed by atoms with Crippen LogP contribution in [-0.2, 0) is 13.6 Å². The molecule has 0 atom stereocenters. The van der Waals surface area contributed by atoms with Crippen molar-refractivity contribution in [2.45, 2.75) is 25.4 Å². The van der Waals surface area contributed by atoms with E-state index in [1.54, 1.807) is 18.7 Å². The number of aryl methyl sites for hydroxylation is 1. The van der Waals surface area contributed by atoms with Crippen LogP contribution < -0.4 is 15.6 Å². The van der Waals surface area contributed by atoms with Crippen molar-refractivity contribution in [3.63, 3.8) is 0 Å². The fourth-order valence-electron chi connectivity index (χ4n) is 4.17. The zero-order valence-corrected chi connectivity index (χ0v) is 17.4. The fraction of sp³-hybridized carbons (Fsp3) is 0.333. The summed E-state index contributed by atoms with van der Waals surface area (Å²) in [5.41, 5.74) is 2.21. The molecule has 0 bridgehead atoms. The second-order valence-electron chi connectivity index (χ2n) is 7.81. The highest BCUT2D eigenvalue weighted by Gasteiger charge is 2.23. The number of carbonyl (C=O) groups is 1. The van der Waals surface area contributed by atoms with Crippen LogP contribution in [0.1, 0.15) is 28.8 Å². The van der Waals surface area contributed by atoms with Gasteiger partial charge in [0.1, 0.15) is 5.75 Å². The number of piperidine rings is 1. The van der Waals surface area contributed by atoms with E-state index in [0.29, 0.717) is 5.56 Å². The maximum absolute atomic E-state index is 13.0. The van der Waals surface area contributed by atoms with Crippen molar-refractivity contribution in [1.29, 1.82) is 0 Å². The number of likely N-dealkylation sites (tertiary alicyclic amines) is 1. The maximum Gasteiger partial charge on any atom is 0.252 e. The largest absolute Gasteiger partial charge is 0.496 e. The predicted octanol–water partition coefficient (Wildman–Crippen LogP) is 2.94. The first-order chi connectivity index (χ1) is 14.6. The number of rotatable bonds is 5. The highest BCUT2D eigenvalue weighted by molar-refractivity contribution is 6.06. The number of nitrogens with one attached hydrogen (secondary N) is 1. The number of hydrogen-bond donors (Lipinski definition) is 1. The number of carbonyl (C=O) groups excluding carboxylic acids is 1. The van der Waals surface area contributed by atoms with Crippen molar-refractivity contribution in [1.82, 2.24) is 14.8 Å². The SMILES string of the molecule is COc1ccccc1CN1CCC(NC(=O)c2cc(=O)n(C)c3ccccc23)CC1. The molecule has 0 unspecified atom stereocenters. The second-order valence-corrected chi connectivity index (χ2v) is 7.81. The van der Waals surface area contributed by atoms with Crippen molar-refractivity contribution >= 4 is 16.8 Å². The molecule has 6 nitrogen and oxygen atoms in total. The number of fused-ring (bicyclic) bond motifs is 1. The van der Waals surface area contributed by atoms with Crippen molar-refractivity contribution in [3.8, 4) is 5.75 Å². The minimum absolute atomic E-state index is 0.106. The molecule has 0 saturated carbocycles. The molecule has 4 rings (SSSR count). The highest BCUT2D eigenvalue weighted by Crippen LogP contribution is 2.22. The van der Waals surface area contributed by atoms with Crippen LogP contribution >= 0.6 is 0 Å². The van der Waals surface area contributed by atoms with Gasteiger partial charge in [-0.25, -0.2) is 0 Å². The van der Waals surface area contributed by atoms with Gasteiger partial charge in [-0.2, -0.15) is 0 Å². The number of benzene rings is 2. The van der Waals surface area contributed by atoms with Gasteiger partial charge in [0.25, 0.3) is 11.5 Å². The van der Waals surface area contributed by atoms with Gasteiger partial charge in [-0.3, -0.25) is 14.5 Å². The lowest BCUT2D eigenvalue weighted by Crippen LogP contribution is -2.44. The summed E-state index contributed by atoms with van der Waals surface area (Å²) in [6.45, 7) is 2.64. The Bertz CT molecular complexity index is 1110. The van der Waals surface area contributed by atoms with Crippen molar-refractivity contribution in [2.24, 2.45) is 7.05 Å². The van der Waals surface area contributed by atoms with E-state index in [1.807, 2.05) is 42.5 Å². The third-order valence-electron chi connectivity index (χ3n) is 5.91. The Morgan fingerprint density at radius 2 is 1.80 bits per heavy atom. The van der Waals surface area contributed by atoms with Gasteiger partial charge in [0.15, 0.2) is 0 Å². The molecule has 2 aromatic carbocycles. The summed E-state index contributed by atoms with van der Waals surface area (Å²) in [6, 6.07) is 17.1. The summed E-state index contributed by atoms with van der Waals surface area (Å²) in [5, 5.41) is 3.94. The first-order valence-corrected chi connectivity index (χ1v) is 10.3. The zero-order chi connectivity index (χ0) is 21.1. The van der Waals surface area contributed by atoms with E-state index in [9.17, 15) is 9.59 Å². The summed E-state index contributed by atoms with van der Waals surface area (Å²) in [4.78, 5) is 27.6. The molecule has 2 heterocycles. The Morgan fingerprint density at radius 1 is 1.10 bits per heavy atom. The van der Waals surface area contributed by atoms with Gasteiger partial charge in [-0.05, 0) is 25.0 Å². The van der Waals surface area contributed by atoms with Crippen LogP contribution in [0.15, 0.2) is 59.4 Å². The summed E-state index contributed by atoms with van der Waals surface area (Å²) < 4.78 is 7.02. The average molecular weight is 405 g/mol. The van der Waals surface area contributed by atoms with Crippen LogP contribution in [0.5, 0.6) is 5.75 Å². The molecule has 3 aromatic rings. The fourth-order valence-corrected chi connectivity index (χ4v) is 4.17. The molecular formula is C24H27N3O3. The van der Waals surface area contributed by atoms with Crippen LogP contribution in [-0.4, -0.2) is 41.6 Å². The standard InChI is InChI=1S/C24H27N3O3/c1-26-21-9-5-4-8-19(21)20(15-23(26)28)24(29)25-18-11-13-27(14-12-18)16-17-7-3-6-10-22(17)30-2/h3-10,15,18H,11-14,16H2,1-2H3,(H,25,29). The lowest BCUT2D eigenvalue weighted by molar-refractivity contribution is 0.0910. The number of pyridine rings is 1. The Hall–Kier alpha value is -3.12. The monoisotopic (exact) mass is 405 g/mol. The van der Waals surface area contributed by atoms with E-state index in [4.69, 9.17) is 4.74 Å². The van der Waals surface area contributed by atoms with E-state index in [2.05, 4.69) is 16.3 Å². The lowest BCUT2D eigenvalue weighted by atomic mass is 10.0. The van der Waals surface area contributed by atoms with Crippen LogP contribution in [0.3, 0.4) is 0 Å². The van der Waals surface area contributed by atoms with Crippen LogP contribution in [0.4, 0.5) is 0 Å². The first-order valence-electron chi connectivity index (χ1n) is 10.3. The number of methoxy groups -OCH3 is 1. The maximum atomic E-state index is 13.0. The third kappa shape index (κ3) is 4.09. The van der Waals surface area contributed by atoms with Gasteiger partial charge in [-0.15, -0.1) is 0 Å². The van der Waals surface area contributed by atoms with E-state index in [-0.39, 0.29) is 17.5 Å². The molecular weight excluding hydrogens is 378 g/mol. The molecule has 1 aromatic heterocycles. The summed E-state index contributed by atoms with van der Waals surface area (Å²) in [6.07, 6.45) is 1.76. The van der Waals surface area contributed by atoms with Crippen molar-refractivity contribution in [2.75, 3.05) is 20.2 Å². The molecule has 0 aliphatic carbocycles. The number of ether oxygens (including phenoxy) is 1. The molecule has 0 radical (unpaired) electrons. The van der Waals surface area contributed by atoms with Crippen LogP contribution in [0.2, 0.25) is 0 Å². The third-order valence-corrected chi connectivity index (χ3v) is 5.91. The van der Waals surface area contributed by atoms with E-state index in [0.717, 1.165) is 49.1 Å². The first kappa shape index (κ1) is 20.2. The topological polar surface area (TPSA) is 63.6 Å². The molecule has 156 valence electrons. The zero-order valence-electron chi connectivity index (χ0n) is 17.4. The average Bonchev–Trinajstić information content (AvgIpc) is 2.78. The Morgan fingerprint density at radius 3 is 2.57 bits per heavy atom. The van der Waals surface area contributed by atoms with Gasteiger partial charge in [0, 0.05) is 49.7 Å². The van der Waals surface area contributed by atoms with E-state index >= 15 is 0 Å². The van der Waals surface area contributed by atoms with Crippen molar-refractivity contribution < 1.29 is 9.53 Å². The van der Waals surface area contributed by atoms with E-state index < -0.39 is 0 Å². The van der Waals surface area contributed by atoms with Crippen LogP contribution in [0, 0.1) is 0 Å². The summed E-state index contributed by atoms with van der Waals surface area (Å²) in [7, 11) is 3.42. The second kappa shape index (κ2) is 8.71. The summed E-state index contributed by atoms with van der Waals surface area (Å²) in [5.74, 6) is 0.734. The minimum atomic E-state index is -0.175. The molecule has 1 saturated heterocycles. The van der Waals surface area contributed by atoms with Gasteiger partial charge in [0.05, 0.1) is 18.2 Å². The number of hydrogen-bond acceptors (Lipinski definition) is 4. The lowest BCUT2D eigenvalue weighted by Gasteiger charge is -2.32.